The maximum Gasteiger partial charge on any atom is 0.233 e. The molecule has 0 spiro atoms. The number of hydrogen-bond acceptors (Lipinski definition) is 4. The quantitative estimate of drug-likeness (QED) is 0.847. The van der Waals surface area contributed by atoms with Crippen LogP contribution in [0.15, 0.2) is 29.7 Å². The number of thioether (sulfide) groups is 1. The highest BCUT2D eigenvalue weighted by Gasteiger charge is 2.20. The first-order chi connectivity index (χ1) is 11.5. The summed E-state index contributed by atoms with van der Waals surface area (Å²) in [6.07, 6.45) is 6.53. The highest BCUT2D eigenvalue weighted by atomic mass is 32.2. The zero-order chi connectivity index (χ0) is 17.1. The number of nitrogens with zero attached hydrogens (tertiary/aromatic N) is 3. The van der Waals surface area contributed by atoms with Crippen LogP contribution in [0.2, 0.25) is 0 Å². The molecule has 1 amide bonds. The van der Waals surface area contributed by atoms with Crippen molar-refractivity contribution in [3.63, 3.8) is 0 Å². The second kappa shape index (κ2) is 7.38. The summed E-state index contributed by atoms with van der Waals surface area (Å²) in [5.74, 6) is 0.0215. The molecular weight excluding hydrogens is 320 g/mol. The Hall–Kier alpha value is -1.82. The van der Waals surface area contributed by atoms with E-state index in [0.717, 1.165) is 11.6 Å². The Balaban J connectivity index is 1.62. The zero-order valence-corrected chi connectivity index (χ0v) is 15.3. The van der Waals surface area contributed by atoms with Crippen LogP contribution >= 0.6 is 11.8 Å². The topological polar surface area (TPSA) is 59.8 Å². The van der Waals surface area contributed by atoms with E-state index in [9.17, 15) is 4.79 Å². The van der Waals surface area contributed by atoms with Crippen molar-refractivity contribution < 1.29 is 4.79 Å². The molecule has 2 atom stereocenters. The smallest absolute Gasteiger partial charge is 0.233 e. The van der Waals surface area contributed by atoms with E-state index >= 15 is 0 Å². The molecule has 5 nitrogen and oxygen atoms in total. The van der Waals surface area contributed by atoms with Gasteiger partial charge in [0.05, 0.1) is 11.3 Å². The van der Waals surface area contributed by atoms with Crippen LogP contribution in [0.4, 0.5) is 0 Å². The van der Waals surface area contributed by atoms with Gasteiger partial charge in [-0.3, -0.25) is 4.79 Å². The largest absolute Gasteiger partial charge is 0.349 e. The summed E-state index contributed by atoms with van der Waals surface area (Å²) in [5.41, 5.74) is 4.09. The number of rotatable bonds is 5. The summed E-state index contributed by atoms with van der Waals surface area (Å²) in [7, 11) is 1.88. The molecule has 128 valence electrons. The summed E-state index contributed by atoms with van der Waals surface area (Å²) < 4.78 is 1.82. The minimum absolute atomic E-state index is 0.00673. The highest BCUT2D eigenvalue weighted by molar-refractivity contribution is 8.00. The molecule has 0 unspecified atom stereocenters. The van der Waals surface area contributed by atoms with Gasteiger partial charge in [-0.25, -0.2) is 0 Å². The van der Waals surface area contributed by atoms with E-state index in [1.165, 1.54) is 47.7 Å². The Labute approximate surface area is 147 Å². The zero-order valence-electron chi connectivity index (χ0n) is 14.5. The first-order valence-corrected chi connectivity index (χ1v) is 9.35. The number of aromatic nitrogens is 3. The van der Waals surface area contributed by atoms with Gasteiger partial charge >= 0.3 is 0 Å². The lowest BCUT2D eigenvalue weighted by molar-refractivity contribution is -0.120. The van der Waals surface area contributed by atoms with Crippen molar-refractivity contribution in [2.75, 3.05) is 0 Å². The first-order valence-electron chi connectivity index (χ1n) is 8.47. The standard InChI is InChI=1S/C18H24N4OS/c1-12(15-9-8-14-6-4-5-7-16(14)10-15)20-17(23)13(2)24-18-21-19-11-22(18)3/h8-13H,4-7H2,1-3H3,(H,20,23)/t12-,13+/m1/s1. The molecule has 2 aromatic rings. The normalized spacial score (nSPS) is 16.3. The van der Waals surface area contributed by atoms with E-state index in [4.69, 9.17) is 0 Å². The molecule has 1 aromatic heterocycles. The number of carbonyl (C=O) groups is 1. The van der Waals surface area contributed by atoms with Gasteiger partial charge in [-0.05, 0) is 56.2 Å². The summed E-state index contributed by atoms with van der Waals surface area (Å²) in [4.78, 5) is 12.5. The van der Waals surface area contributed by atoms with Crippen LogP contribution in [0.25, 0.3) is 0 Å². The van der Waals surface area contributed by atoms with E-state index in [1.54, 1.807) is 6.33 Å². The molecule has 3 rings (SSSR count). The molecule has 1 aliphatic rings. The molecule has 1 aliphatic carbocycles. The second-order valence-corrected chi connectivity index (χ2v) is 7.76. The van der Waals surface area contributed by atoms with Crippen molar-refractivity contribution in [1.29, 1.82) is 0 Å². The fraction of sp³-hybridized carbons (Fsp3) is 0.500. The van der Waals surface area contributed by atoms with Gasteiger partial charge in [0, 0.05) is 7.05 Å². The molecule has 0 fully saturated rings. The third-order valence-electron chi connectivity index (χ3n) is 4.55. The Bertz CT molecular complexity index is 728. The molecule has 0 saturated heterocycles. The van der Waals surface area contributed by atoms with E-state index in [-0.39, 0.29) is 17.2 Å². The Morgan fingerprint density at radius 1 is 1.25 bits per heavy atom. The average Bonchev–Trinajstić information content (AvgIpc) is 2.99. The fourth-order valence-corrected chi connectivity index (χ4v) is 3.83. The van der Waals surface area contributed by atoms with Gasteiger partial charge in [0.25, 0.3) is 0 Å². The Morgan fingerprint density at radius 2 is 2.00 bits per heavy atom. The van der Waals surface area contributed by atoms with Crippen LogP contribution in [-0.2, 0) is 24.7 Å². The van der Waals surface area contributed by atoms with Crippen molar-refractivity contribution in [2.45, 2.75) is 56.0 Å². The lowest BCUT2D eigenvalue weighted by Gasteiger charge is -2.21. The lowest BCUT2D eigenvalue weighted by atomic mass is 9.89. The van der Waals surface area contributed by atoms with Gasteiger partial charge in [0.1, 0.15) is 6.33 Å². The predicted molar refractivity (Wildman–Crippen MR) is 96.0 cm³/mol. The summed E-state index contributed by atoms with van der Waals surface area (Å²) in [6, 6.07) is 6.65. The monoisotopic (exact) mass is 344 g/mol. The lowest BCUT2D eigenvalue weighted by Crippen LogP contribution is -2.33. The molecule has 0 bridgehead atoms. The van der Waals surface area contributed by atoms with Gasteiger partial charge < -0.3 is 9.88 Å². The van der Waals surface area contributed by atoms with Crippen LogP contribution in [0.3, 0.4) is 0 Å². The van der Waals surface area contributed by atoms with Gasteiger partial charge in [-0.1, -0.05) is 30.0 Å². The van der Waals surface area contributed by atoms with Crippen LogP contribution in [-0.4, -0.2) is 25.9 Å². The molecule has 6 heteroatoms. The molecular formula is C18H24N4OS. The molecule has 1 heterocycles. The number of amides is 1. The minimum Gasteiger partial charge on any atom is -0.349 e. The summed E-state index contributed by atoms with van der Waals surface area (Å²) in [6.45, 7) is 3.94. The summed E-state index contributed by atoms with van der Waals surface area (Å²) in [5, 5.41) is 11.5. The van der Waals surface area contributed by atoms with Crippen LogP contribution in [0.1, 0.15) is 49.4 Å². The molecule has 0 aliphatic heterocycles. The van der Waals surface area contributed by atoms with E-state index in [2.05, 4.69) is 33.7 Å². The van der Waals surface area contributed by atoms with Crippen molar-refractivity contribution >= 4 is 17.7 Å². The maximum atomic E-state index is 12.5. The van der Waals surface area contributed by atoms with Gasteiger partial charge in [0.15, 0.2) is 5.16 Å². The SMILES string of the molecule is C[C@H](Sc1nncn1C)C(=O)N[C@H](C)c1ccc2c(c1)CCCC2. The second-order valence-electron chi connectivity index (χ2n) is 6.45. The highest BCUT2D eigenvalue weighted by Crippen LogP contribution is 2.25. The molecule has 24 heavy (non-hydrogen) atoms. The third-order valence-corrected chi connectivity index (χ3v) is 5.70. The fourth-order valence-electron chi connectivity index (χ4n) is 3.03. The molecule has 0 saturated carbocycles. The Morgan fingerprint density at radius 3 is 2.71 bits per heavy atom. The van der Waals surface area contributed by atoms with Gasteiger partial charge in [-0.2, -0.15) is 0 Å². The number of aryl methyl sites for hydroxylation is 3. The summed E-state index contributed by atoms with van der Waals surface area (Å²) >= 11 is 1.42. The number of fused-ring (bicyclic) bond motifs is 1. The van der Waals surface area contributed by atoms with Crippen molar-refractivity contribution in [3.05, 3.63) is 41.2 Å². The van der Waals surface area contributed by atoms with E-state index in [0.29, 0.717) is 0 Å². The number of carbonyl (C=O) groups excluding carboxylic acids is 1. The minimum atomic E-state index is -0.215. The van der Waals surface area contributed by atoms with Crippen LogP contribution < -0.4 is 5.32 Å². The maximum absolute atomic E-state index is 12.5. The molecule has 1 aromatic carbocycles. The van der Waals surface area contributed by atoms with Gasteiger partial charge in [-0.15, -0.1) is 10.2 Å². The van der Waals surface area contributed by atoms with Crippen LogP contribution in [0.5, 0.6) is 0 Å². The first kappa shape index (κ1) is 17.0. The molecule has 0 radical (unpaired) electrons. The third kappa shape index (κ3) is 3.80. The van der Waals surface area contributed by atoms with Crippen molar-refractivity contribution in [3.8, 4) is 0 Å². The molecule has 1 N–H and O–H groups in total. The number of nitrogens with one attached hydrogen (secondary N) is 1. The van der Waals surface area contributed by atoms with Crippen molar-refractivity contribution in [2.24, 2.45) is 7.05 Å². The van der Waals surface area contributed by atoms with Crippen LogP contribution in [0, 0.1) is 0 Å². The van der Waals surface area contributed by atoms with E-state index < -0.39 is 0 Å². The number of hydrogen-bond donors (Lipinski definition) is 1. The predicted octanol–water partition coefficient (Wildman–Crippen LogP) is 3.05. The van der Waals surface area contributed by atoms with Crippen molar-refractivity contribution in [1.82, 2.24) is 20.1 Å². The van der Waals surface area contributed by atoms with E-state index in [1.807, 2.05) is 25.5 Å². The Kier molecular flexibility index (Phi) is 5.23. The average molecular weight is 344 g/mol. The number of benzene rings is 1. The van der Waals surface area contributed by atoms with Gasteiger partial charge in [0.2, 0.25) is 5.91 Å².